The molecule has 0 aliphatic carbocycles. The summed E-state index contributed by atoms with van der Waals surface area (Å²) in [7, 11) is 5.44. The molecule has 2 amide bonds. The summed E-state index contributed by atoms with van der Waals surface area (Å²) in [6.45, 7) is 0.531. The molecule has 0 fully saturated rings. The zero-order chi connectivity index (χ0) is 14.4. The van der Waals surface area contributed by atoms with Gasteiger partial charge in [0, 0.05) is 6.54 Å². The number of benzene rings is 1. The molecule has 0 N–H and O–H groups in total. The standard InChI is InChI=1S/C16H20BNO2/c17-11-7-3-1-2-4-8-12-18-15(19)13-9-5-6-10-14(13)16(18)20/h5-6,9-10H,1-4,7-8,11-12H2. The first kappa shape index (κ1) is 14.8. The van der Waals surface area contributed by atoms with E-state index in [1.54, 1.807) is 24.3 Å². The van der Waals surface area contributed by atoms with Crippen molar-refractivity contribution in [1.82, 2.24) is 4.90 Å². The summed E-state index contributed by atoms with van der Waals surface area (Å²) in [5.41, 5.74) is 1.08. The molecule has 104 valence electrons. The van der Waals surface area contributed by atoms with E-state index < -0.39 is 0 Å². The van der Waals surface area contributed by atoms with Crippen LogP contribution in [0.1, 0.15) is 59.2 Å². The zero-order valence-corrected chi connectivity index (χ0v) is 11.8. The third kappa shape index (κ3) is 3.30. The molecule has 1 aromatic rings. The van der Waals surface area contributed by atoms with E-state index in [1.807, 2.05) is 0 Å². The lowest BCUT2D eigenvalue weighted by Gasteiger charge is -2.13. The van der Waals surface area contributed by atoms with Crippen molar-refractivity contribution in [1.29, 1.82) is 0 Å². The van der Waals surface area contributed by atoms with Crippen LogP contribution in [-0.2, 0) is 0 Å². The first-order chi connectivity index (χ1) is 9.75. The van der Waals surface area contributed by atoms with Gasteiger partial charge in [0.2, 0.25) is 0 Å². The first-order valence-electron chi connectivity index (χ1n) is 7.41. The Morgan fingerprint density at radius 2 is 1.30 bits per heavy atom. The summed E-state index contributed by atoms with van der Waals surface area (Å²) >= 11 is 0. The van der Waals surface area contributed by atoms with Crippen molar-refractivity contribution in [2.24, 2.45) is 0 Å². The van der Waals surface area contributed by atoms with Gasteiger partial charge in [0.1, 0.15) is 0 Å². The number of hydrogen-bond acceptors (Lipinski definition) is 2. The number of hydrogen-bond donors (Lipinski definition) is 0. The van der Waals surface area contributed by atoms with E-state index >= 15 is 0 Å². The van der Waals surface area contributed by atoms with E-state index in [2.05, 4.69) is 0 Å². The van der Waals surface area contributed by atoms with Gasteiger partial charge in [0.05, 0.1) is 19.0 Å². The summed E-state index contributed by atoms with van der Waals surface area (Å²) in [6, 6.07) is 7.04. The molecule has 2 radical (unpaired) electrons. The van der Waals surface area contributed by atoms with E-state index in [1.165, 1.54) is 17.7 Å². The summed E-state index contributed by atoms with van der Waals surface area (Å²) in [5, 5.41) is 0. The SMILES string of the molecule is [B]CCCCCCCCN1C(=O)c2ccccc2C1=O. The average Bonchev–Trinajstić information content (AvgIpc) is 2.71. The highest BCUT2D eigenvalue weighted by Gasteiger charge is 2.34. The van der Waals surface area contributed by atoms with Gasteiger partial charge >= 0.3 is 0 Å². The summed E-state index contributed by atoms with van der Waals surface area (Å²) in [5.74, 6) is -0.289. The number of carbonyl (C=O) groups excluding carboxylic acids is 2. The van der Waals surface area contributed by atoms with Gasteiger partial charge in [0.15, 0.2) is 0 Å². The first-order valence-corrected chi connectivity index (χ1v) is 7.41. The largest absolute Gasteiger partial charge is 0.274 e. The van der Waals surface area contributed by atoms with Gasteiger partial charge in [-0.25, -0.2) is 0 Å². The van der Waals surface area contributed by atoms with Crippen LogP contribution in [0.3, 0.4) is 0 Å². The molecular weight excluding hydrogens is 249 g/mol. The molecule has 0 unspecified atom stereocenters. The van der Waals surface area contributed by atoms with Crippen molar-refractivity contribution in [2.45, 2.75) is 44.8 Å². The summed E-state index contributed by atoms with van der Waals surface area (Å²) in [4.78, 5) is 25.6. The maximum atomic E-state index is 12.1. The van der Waals surface area contributed by atoms with Crippen LogP contribution < -0.4 is 0 Å². The van der Waals surface area contributed by atoms with Crippen LogP contribution >= 0.6 is 0 Å². The summed E-state index contributed by atoms with van der Waals surface area (Å²) < 4.78 is 0. The summed E-state index contributed by atoms with van der Waals surface area (Å²) in [6.07, 6.45) is 7.27. The third-order valence-corrected chi connectivity index (χ3v) is 3.71. The zero-order valence-electron chi connectivity index (χ0n) is 11.8. The number of imide groups is 1. The smallest absolute Gasteiger partial charge is 0.261 e. The molecule has 0 saturated carbocycles. The van der Waals surface area contributed by atoms with Crippen molar-refractivity contribution in [3.8, 4) is 0 Å². The van der Waals surface area contributed by atoms with Crippen molar-refractivity contribution < 1.29 is 9.59 Å². The maximum absolute atomic E-state index is 12.1. The number of amides is 2. The molecule has 20 heavy (non-hydrogen) atoms. The Labute approximate surface area is 121 Å². The predicted octanol–water partition coefficient (Wildman–Crippen LogP) is 3.21. The number of fused-ring (bicyclic) bond motifs is 1. The van der Waals surface area contributed by atoms with Gasteiger partial charge in [-0.05, 0) is 18.6 Å². The second-order valence-corrected chi connectivity index (χ2v) is 5.22. The van der Waals surface area contributed by atoms with E-state index in [0.717, 1.165) is 32.0 Å². The van der Waals surface area contributed by atoms with Crippen LogP contribution in [0.15, 0.2) is 24.3 Å². The molecule has 1 aliphatic rings. The van der Waals surface area contributed by atoms with Crippen LogP contribution in [0.2, 0.25) is 6.32 Å². The Hall–Kier alpha value is -1.58. The molecule has 3 nitrogen and oxygen atoms in total. The predicted molar refractivity (Wildman–Crippen MR) is 80.1 cm³/mol. The fraction of sp³-hybridized carbons (Fsp3) is 0.500. The van der Waals surface area contributed by atoms with Gasteiger partial charge in [0.25, 0.3) is 11.8 Å². The molecule has 1 heterocycles. The molecule has 0 saturated heterocycles. The average molecular weight is 269 g/mol. The molecule has 1 aliphatic heterocycles. The molecule has 0 atom stereocenters. The van der Waals surface area contributed by atoms with Crippen LogP contribution in [0.4, 0.5) is 0 Å². The Morgan fingerprint density at radius 3 is 1.85 bits per heavy atom. The van der Waals surface area contributed by atoms with Gasteiger partial charge < -0.3 is 0 Å². The van der Waals surface area contributed by atoms with Gasteiger partial charge in [-0.1, -0.05) is 50.6 Å². The van der Waals surface area contributed by atoms with Crippen LogP contribution in [0.5, 0.6) is 0 Å². The van der Waals surface area contributed by atoms with Crippen LogP contribution in [0.25, 0.3) is 0 Å². The highest BCUT2D eigenvalue weighted by Crippen LogP contribution is 2.22. The Kier molecular flexibility index (Phi) is 5.39. The van der Waals surface area contributed by atoms with Crippen LogP contribution in [0, 0.1) is 0 Å². The maximum Gasteiger partial charge on any atom is 0.261 e. The fourth-order valence-corrected chi connectivity index (χ4v) is 2.56. The molecule has 2 rings (SSSR count). The van der Waals surface area contributed by atoms with Gasteiger partial charge in [-0.3, -0.25) is 14.5 Å². The lowest BCUT2D eigenvalue weighted by atomic mass is 9.98. The molecule has 0 spiro atoms. The van der Waals surface area contributed by atoms with E-state index in [-0.39, 0.29) is 11.8 Å². The van der Waals surface area contributed by atoms with E-state index in [4.69, 9.17) is 7.85 Å². The van der Waals surface area contributed by atoms with Crippen molar-refractivity contribution >= 4 is 19.7 Å². The lowest BCUT2D eigenvalue weighted by Crippen LogP contribution is -2.30. The highest BCUT2D eigenvalue weighted by molar-refractivity contribution is 6.21. The topological polar surface area (TPSA) is 37.4 Å². The lowest BCUT2D eigenvalue weighted by molar-refractivity contribution is 0.0651. The van der Waals surface area contributed by atoms with E-state index in [9.17, 15) is 9.59 Å². The Balaban J connectivity index is 1.75. The molecule has 0 aromatic heterocycles. The second-order valence-electron chi connectivity index (χ2n) is 5.22. The number of carbonyl (C=O) groups is 2. The third-order valence-electron chi connectivity index (χ3n) is 3.71. The van der Waals surface area contributed by atoms with Crippen molar-refractivity contribution in [2.75, 3.05) is 6.54 Å². The minimum atomic E-state index is -0.145. The van der Waals surface area contributed by atoms with Crippen LogP contribution in [-0.4, -0.2) is 31.1 Å². The quantitative estimate of drug-likeness (QED) is 0.413. The van der Waals surface area contributed by atoms with Crippen molar-refractivity contribution in [3.05, 3.63) is 35.4 Å². The minimum Gasteiger partial charge on any atom is -0.274 e. The molecular formula is C16H20BNO2. The molecule has 0 bridgehead atoms. The normalized spacial score (nSPS) is 13.9. The number of rotatable bonds is 8. The Bertz CT molecular complexity index is 452. The molecule has 1 aromatic carbocycles. The second kappa shape index (κ2) is 7.27. The van der Waals surface area contributed by atoms with E-state index in [0.29, 0.717) is 17.7 Å². The highest BCUT2D eigenvalue weighted by atomic mass is 16.2. The Morgan fingerprint density at radius 1 is 0.800 bits per heavy atom. The van der Waals surface area contributed by atoms with Gasteiger partial charge in [-0.15, -0.1) is 0 Å². The monoisotopic (exact) mass is 269 g/mol. The molecule has 4 heteroatoms. The number of nitrogens with zero attached hydrogens (tertiary/aromatic N) is 1. The fourth-order valence-electron chi connectivity index (χ4n) is 2.56. The van der Waals surface area contributed by atoms with Crippen molar-refractivity contribution in [3.63, 3.8) is 0 Å². The minimum absolute atomic E-state index is 0.145. The number of unbranched alkanes of at least 4 members (excludes halogenated alkanes) is 5. The van der Waals surface area contributed by atoms with Gasteiger partial charge in [-0.2, -0.15) is 0 Å².